The van der Waals surface area contributed by atoms with E-state index in [1.165, 1.54) is 21.4 Å². The Balaban J connectivity index is 2.26. The summed E-state index contributed by atoms with van der Waals surface area (Å²) in [6, 6.07) is 10.7. The Kier molecular flexibility index (Phi) is 5.85. The van der Waals surface area contributed by atoms with Gasteiger partial charge in [0.05, 0.1) is 5.69 Å². The smallest absolute Gasteiger partial charge is 0.0624 e. The minimum atomic E-state index is 0.456. The van der Waals surface area contributed by atoms with Crippen LogP contribution in [0.5, 0.6) is 0 Å². The number of aromatic nitrogens is 2. The Bertz CT molecular complexity index is 563. The molecule has 1 unspecified atom stereocenters. The number of rotatable bonds is 6. The lowest BCUT2D eigenvalue weighted by atomic mass is 9.96. The number of hydrogen-bond donors (Lipinski definition) is 0. The van der Waals surface area contributed by atoms with Crippen LogP contribution in [0, 0.1) is 0 Å². The molecule has 1 aromatic carbocycles. The lowest BCUT2D eigenvalue weighted by Gasteiger charge is -2.16. The fraction of sp³-hybridized carbons (Fsp3) is 0.438. The molecule has 0 saturated heterocycles. The van der Waals surface area contributed by atoms with Crippen LogP contribution in [-0.4, -0.2) is 15.1 Å². The van der Waals surface area contributed by atoms with Crippen LogP contribution < -0.4 is 0 Å². The molecule has 2 aromatic rings. The van der Waals surface area contributed by atoms with Crippen LogP contribution in [0.25, 0.3) is 0 Å². The molecule has 0 aliphatic heterocycles. The van der Waals surface area contributed by atoms with Crippen molar-refractivity contribution in [3.63, 3.8) is 0 Å². The lowest BCUT2D eigenvalue weighted by molar-refractivity contribution is 0.594. The maximum Gasteiger partial charge on any atom is 0.0624 e. The maximum absolute atomic E-state index is 4.64. The van der Waals surface area contributed by atoms with Crippen LogP contribution in [0.4, 0.5) is 0 Å². The van der Waals surface area contributed by atoms with Gasteiger partial charge < -0.3 is 0 Å². The molecule has 0 N–H and O–H groups in total. The number of alkyl halides is 1. The maximum atomic E-state index is 4.64. The van der Waals surface area contributed by atoms with Gasteiger partial charge >= 0.3 is 0 Å². The fourth-order valence-corrected chi connectivity index (χ4v) is 3.62. The number of hydrogen-bond acceptors (Lipinski definition) is 1. The van der Waals surface area contributed by atoms with E-state index in [1.54, 1.807) is 0 Å². The summed E-state index contributed by atoms with van der Waals surface area (Å²) in [5.74, 6) is 0.456. The first-order valence-electron chi connectivity index (χ1n) is 7.05. The molecule has 2 rings (SSSR count). The zero-order valence-corrected chi connectivity index (χ0v) is 15.1. The Hall–Kier alpha value is -0.610. The van der Waals surface area contributed by atoms with Crippen LogP contribution in [0.2, 0.25) is 0 Å². The van der Waals surface area contributed by atoms with Gasteiger partial charge in [0, 0.05) is 28.0 Å². The van der Waals surface area contributed by atoms with E-state index < -0.39 is 0 Å². The van der Waals surface area contributed by atoms with E-state index in [1.807, 2.05) is 0 Å². The number of aryl methyl sites for hydroxylation is 2. The van der Waals surface area contributed by atoms with E-state index in [4.69, 9.17) is 0 Å². The highest BCUT2D eigenvalue weighted by Crippen LogP contribution is 2.29. The molecule has 0 radical (unpaired) electrons. The fourth-order valence-electron chi connectivity index (χ4n) is 2.43. The highest BCUT2D eigenvalue weighted by atomic mass is 79.9. The van der Waals surface area contributed by atoms with Crippen LogP contribution in [0.1, 0.15) is 36.7 Å². The van der Waals surface area contributed by atoms with Gasteiger partial charge in [0.2, 0.25) is 0 Å². The second-order valence-corrected chi connectivity index (χ2v) is 6.38. The third-order valence-electron chi connectivity index (χ3n) is 3.56. The summed E-state index contributed by atoms with van der Waals surface area (Å²) in [6.45, 7) is 5.24. The van der Waals surface area contributed by atoms with Crippen LogP contribution in [0.15, 0.2) is 34.8 Å². The van der Waals surface area contributed by atoms with Crippen LogP contribution >= 0.6 is 31.9 Å². The van der Waals surface area contributed by atoms with E-state index in [9.17, 15) is 0 Å². The SMILES string of the molecule is CCc1cc(CC(CBr)c2ccccc2Br)n(CC)n1. The number of benzene rings is 1. The van der Waals surface area contributed by atoms with Crippen molar-refractivity contribution in [3.8, 4) is 0 Å². The van der Waals surface area contributed by atoms with E-state index in [-0.39, 0.29) is 0 Å². The first kappa shape index (κ1) is 15.8. The molecule has 0 bridgehead atoms. The van der Waals surface area contributed by atoms with Gasteiger partial charge in [0.15, 0.2) is 0 Å². The molecular formula is C16H20Br2N2. The Morgan fingerprint density at radius 1 is 1.25 bits per heavy atom. The summed E-state index contributed by atoms with van der Waals surface area (Å²) in [5.41, 5.74) is 3.86. The van der Waals surface area contributed by atoms with Crippen molar-refractivity contribution in [2.24, 2.45) is 0 Å². The molecule has 1 atom stereocenters. The summed E-state index contributed by atoms with van der Waals surface area (Å²) in [4.78, 5) is 0. The number of nitrogens with zero attached hydrogens (tertiary/aromatic N) is 2. The summed E-state index contributed by atoms with van der Waals surface area (Å²) in [6.07, 6.45) is 2.00. The van der Waals surface area contributed by atoms with Crippen molar-refractivity contribution in [2.45, 2.75) is 39.2 Å². The van der Waals surface area contributed by atoms with Gasteiger partial charge in [-0.05, 0) is 37.5 Å². The van der Waals surface area contributed by atoms with Crippen molar-refractivity contribution in [3.05, 3.63) is 51.8 Å². The molecule has 0 aliphatic rings. The van der Waals surface area contributed by atoms with E-state index >= 15 is 0 Å². The zero-order chi connectivity index (χ0) is 14.5. The van der Waals surface area contributed by atoms with Gasteiger partial charge in [0.1, 0.15) is 0 Å². The number of halogens is 2. The van der Waals surface area contributed by atoms with Gasteiger partial charge in [-0.3, -0.25) is 4.68 Å². The average Bonchev–Trinajstić information content (AvgIpc) is 2.88. The molecule has 0 spiro atoms. The highest BCUT2D eigenvalue weighted by molar-refractivity contribution is 9.10. The summed E-state index contributed by atoms with van der Waals surface area (Å²) >= 11 is 7.33. The van der Waals surface area contributed by atoms with Gasteiger partial charge in [-0.25, -0.2) is 0 Å². The molecule has 0 saturated carbocycles. The standard InChI is InChI=1S/C16H20Br2N2/c1-3-13-10-14(20(4-2)19-13)9-12(11-17)15-7-5-6-8-16(15)18/h5-8,10,12H,3-4,9,11H2,1-2H3. The van der Waals surface area contributed by atoms with Crippen molar-refractivity contribution >= 4 is 31.9 Å². The van der Waals surface area contributed by atoms with Gasteiger partial charge in [-0.2, -0.15) is 5.10 Å². The molecule has 0 aliphatic carbocycles. The van der Waals surface area contributed by atoms with E-state index in [0.29, 0.717) is 5.92 Å². The van der Waals surface area contributed by atoms with Crippen LogP contribution in [-0.2, 0) is 19.4 Å². The Labute approximate surface area is 137 Å². The summed E-state index contributed by atoms with van der Waals surface area (Å²) in [7, 11) is 0. The Morgan fingerprint density at radius 2 is 2.00 bits per heavy atom. The van der Waals surface area contributed by atoms with Crippen molar-refractivity contribution < 1.29 is 0 Å². The zero-order valence-electron chi connectivity index (χ0n) is 11.9. The first-order chi connectivity index (χ1) is 9.69. The molecular weight excluding hydrogens is 380 g/mol. The molecule has 2 nitrogen and oxygen atoms in total. The van der Waals surface area contributed by atoms with Gasteiger partial charge in [-0.15, -0.1) is 0 Å². The third kappa shape index (κ3) is 3.53. The summed E-state index contributed by atoms with van der Waals surface area (Å²) < 4.78 is 3.31. The first-order valence-corrected chi connectivity index (χ1v) is 8.97. The predicted molar refractivity (Wildman–Crippen MR) is 91.7 cm³/mol. The molecule has 108 valence electrons. The average molecular weight is 400 g/mol. The summed E-state index contributed by atoms with van der Waals surface area (Å²) in [5, 5.41) is 5.59. The lowest BCUT2D eigenvalue weighted by Crippen LogP contribution is -2.10. The monoisotopic (exact) mass is 398 g/mol. The quantitative estimate of drug-likeness (QED) is 0.628. The molecule has 4 heteroatoms. The van der Waals surface area contributed by atoms with Gasteiger partial charge in [-0.1, -0.05) is 57.0 Å². The van der Waals surface area contributed by atoms with Crippen molar-refractivity contribution in [1.82, 2.24) is 9.78 Å². The second-order valence-electron chi connectivity index (χ2n) is 4.87. The second kappa shape index (κ2) is 7.41. The van der Waals surface area contributed by atoms with Gasteiger partial charge in [0.25, 0.3) is 0 Å². The molecule has 0 fully saturated rings. The molecule has 20 heavy (non-hydrogen) atoms. The topological polar surface area (TPSA) is 17.8 Å². The predicted octanol–water partition coefficient (Wildman–Crippen LogP) is 4.95. The molecule has 1 aromatic heterocycles. The normalized spacial score (nSPS) is 12.6. The van der Waals surface area contributed by atoms with Crippen molar-refractivity contribution in [1.29, 1.82) is 0 Å². The minimum absolute atomic E-state index is 0.456. The van der Waals surface area contributed by atoms with Crippen molar-refractivity contribution in [2.75, 3.05) is 5.33 Å². The third-order valence-corrected chi connectivity index (χ3v) is 5.07. The van der Waals surface area contributed by atoms with E-state index in [2.05, 4.69) is 85.8 Å². The Morgan fingerprint density at radius 3 is 2.60 bits per heavy atom. The van der Waals surface area contributed by atoms with E-state index in [0.717, 1.165) is 24.7 Å². The molecule has 0 amide bonds. The largest absolute Gasteiger partial charge is 0.270 e. The van der Waals surface area contributed by atoms with Crippen LogP contribution in [0.3, 0.4) is 0 Å². The molecule has 1 heterocycles. The highest BCUT2D eigenvalue weighted by Gasteiger charge is 2.17. The minimum Gasteiger partial charge on any atom is -0.270 e.